The van der Waals surface area contributed by atoms with Crippen LogP contribution >= 0.6 is 23.2 Å². The van der Waals surface area contributed by atoms with E-state index in [0.29, 0.717) is 29.1 Å². The lowest BCUT2D eigenvalue weighted by Gasteiger charge is -2.21. The van der Waals surface area contributed by atoms with E-state index in [1.165, 1.54) is 12.8 Å². The lowest BCUT2D eigenvalue weighted by atomic mass is 10.2. The molecule has 0 spiro atoms. The monoisotopic (exact) mass is 351 g/mol. The van der Waals surface area contributed by atoms with Gasteiger partial charge in [0.05, 0.1) is 16.6 Å². The topological polar surface area (TPSA) is 38.1 Å². The number of halogens is 2. The van der Waals surface area contributed by atoms with Gasteiger partial charge >= 0.3 is 0 Å². The van der Waals surface area contributed by atoms with E-state index in [1.807, 2.05) is 27.8 Å². The van der Waals surface area contributed by atoms with Crippen LogP contribution in [-0.2, 0) is 17.9 Å². The number of nitrogens with zero attached hydrogens (tertiary/aromatic N) is 3. The van der Waals surface area contributed by atoms with Gasteiger partial charge < -0.3 is 9.47 Å². The third kappa shape index (κ3) is 4.27. The fourth-order valence-corrected chi connectivity index (χ4v) is 2.88. The van der Waals surface area contributed by atoms with Crippen LogP contribution in [0.15, 0.2) is 30.6 Å². The smallest absolute Gasteiger partial charge is 0.219 e. The maximum atomic E-state index is 11.8. The van der Waals surface area contributed by atoms with Gasteiger partial charge in [-0.3, -0.25) is 4.79 Å². The molecule has 1 heterocycles. The van der Waals surface area contributed by atoms with Gasteiger partial charge in [-0.1, -0.05) is 29.3 Å². The second-order valence-electron chi connectivity index (χ2n) is 6.06. The Morgan fingerprint density at radius 2 is 2.13 bits per heavy atom. The summed E-state index contributed by atoms with van der Waals surface area (Å²) in [6.45, 7) is 3.64. The number of amides is 1. The van der Waals surface area contributed by atoms with Crippen molar-refractivity contribution in [2.45, 2.75) is 32.9 Å². The number of hydrogen-bond acceptors (Lipinski definition) is 2. The molecule has 1 amide bonds. The van der Waals surface area contributed by atoms with Gasteiger partial charge in [-0.05, 0) is 36.5 Å². The van der Waals surface area contributed by atoms with Gasteiger partial charge in [0.15, 0.2) is 0 Å². The minimum absolute atomic E-state index is 0.0981. The zero-order chi connectivity index (χ0) is 16.4. The quantitative estimate of drug-likeness (QED) is 0.788. The summed E-state index contributed by atoms with van der Waals surface area (Å²) in [6, 6.07) is 5.61. The first-order chi connectivity index (χ1) is 11.0. The Morgan fingerprint density at radius 1 is 1.35 bits per heavy atom. The van der Waals surface area contributed by atoms with Crippen LogP contribution < -0.4 is 0 Å². The molecular formula is C17H19Cl2N3O. The molecular weight excluding hydrogens is 333 g/mol. The van der Waals surface area contributed by atoms with Crippen LogP contribution in [0.2, 0.25) is 10.0 Å². The molecule has 4 nitrogen and oxygen atoms in total. The largest absolute Gasteiger partial charge is 0.335 e. The Labute approximate surface area is 146 Å². The van der Waals surface area contributed by atoms with Gasteiger partial charge in [0.1, 0.15) is 5.82 Å². The van der Waals surface area contributed by atoms with Gasteiger partial charge in [-0.25, -0.2) is 4.98 Å². The summed E-state index contributed by atoms with van der Waals surface area (Å²) in [5, 5.41) is 1.10. The summed E-state index contributed by atoms with van der Waals surface area (Å²) in [6.07, 6.45) is 6.14. The minimum Gasteiger partial charge on any atom is -0.335 e. The molecule has 2 aromatic rings. The molecule has 1 saturated carbocycles. The second kappa shape index (κ2) is 6.93. The van der Waals surface area contributed by atoms with Crippen LogP contribution in [0.5, 0.6) is 0 Å². The molecule has 0 bridgehead atoms. The van der Waals surface area contributed by atoms with Crippen LogP contribution in [0.1, 0.15) is 31.2 Å². The number of imidazole rings is 1. The van der Waals surface area contributed by atoms with Crippen molar-refractivity contribution in [1.29, 1.82) is 0 Å². The van der Waals surface area contributed by atoms with Crippen LogP contribution in [0, 0.1) is 5.92 Å². The summed E-state index contributed by atoms with van der Waals surface area (Å²) in [5.74, 6) is 1.64. The predicted octanol–water partition coefficient (Wildman–Crippen LogP) is 4.00. The van der Waals surface area contributed by atoms with Crippen molar-refractivity contribution in [3.63, 3.8) is 0 Å². The van der Waals surface area contributed by atoms with E-state index in [9.17, 15) is 4.79 Å². The molecule has 0 aliphatic heterocycles. The van der Waals surface area contributed by atoms with E-state index in [1.54, 1.807) is 19.2 Å². The molecule has 122 valence electrons. The van der Waals surface area contributed by atoms with Crippen LogP contribution in [-0.4, -0.2) is 26.9 Å². The van der Waals surface area contributed by atoms with Crippen molar-refractivity contribution in [1.82, 2.24) is 14.5 Å². The van der Waals surface area contributed by atoms with Gasteiger partial charge in [-0.15, -0.1) is 0 Å². The van der Waals surface area contributed by atoms with Crippen LogP contribution in [0.3, 0.4) is 0 Å². The molecule has 1 aromatic carbocycles. The Balaban J connectivity index is 1.72. The molecule has 0 saturated heterocycles. The van der Waals surface area contributed by atoms with E-state index < -0.39 is 0 Å². The number of aromatic nitrogens is 2. The van der Waals surface area contributed by atoms with Gasteiger partial charge in [0, 0.05) is 32.4 Å². The van der Waals surface area contributed by atoms with Gasteiger partial charge in [0.25, 0.3) is 0 Å². The first kappa shape index (κ1) is 16.3. The van der Waals surface area contributed by atoms with E-state index in [4.69, 9.17) is 23.2 Å². The lowest BCUT2D eigenvalue weighted by Crippen LogP contribution is -2.31. The number of carbonyl (C=O) groups is 1. The Morgan fingerprint density at radius 3 is 2.78 bits per heavy atom. The van der Waals surface area contributed by atoms with Crippen molar-refractivity contribution < 1.29 is 4.79 Å². The fraction of sp³-hybridized carbons (Fsp3) is 0.412. The van der Waals surface area contributed by atoms with E-state index >= 15 is 0 Å². The van der Waals surface area contributed by atoms with Crippen molar-refractivity contribution in [3.05, 3.63) is 52.0 Å². The number of hydrogen-bond donors (Lipinski definition) is 0. The van der Waals surface area contributed by atoms with Crippen molar-refractivity contribution in [2.24, 2.45) is 5.92 Å². The summed E-state index contributed by atoms with van der Waals surface area (Å²) in [4.78, 5) is 18.1. The third-order valence-corrected chi connectivity index (χ3v) is 4.83. The normalized spacial score (nSPS) is 14.0. The standard InChI is InChI=1S/C17H19Cl2N3O/c1-12(23)22(9-13-2-3-13)11-17-20-6-7-21(17)10-14-4-5-15(18)16(19)8-14/h4-8,13H,2-3,9-11H2,1H3. The molecule has 0 unspecified atom stereocenters. The lowest BCUT2D eigenvalue weighted by molar-refractivity contribution is -0.129. The zero-order valence-electron chi connectivity index (χ0n) is 13.0. The van der Waals surface area contributed by atoms with Crippen molar-refractivity contribution in [3.8, 4) is 0 Å². The summed E-state index contributed by atoms with van der Waals surface area (Å²) in [5.41, 5.74) is 1.05. The highest BCUT2D eigenvalue weighted by Gasteiger charge is 2.26. The van der Waals surface area contributed by atoms with Crippen molar-refractivity contribution in [2.75, 3.05) is 6.54 Å². The third-order valence-electron chi connectivity index (χ3n) is 4.09. The van der Waals surface area contributed by atoms with Crippen LogP contribution in [0.25, 0.3) is 0 Å². The highest BCUT2D eigenvalue weighted by molar-refractivity contribution is 6.42. The first-order valence-electron chi connectivity index (χ1n) is 7.72. The fourth-order valence-electron chi connectivity index (χ4n) is 2.56. The highest BCUT2D eigenvalue weighted by Crippen LogP contribution is 2.30. The molecule has 3 rings (SSSR count). The molecule has 0 atom stereocenters. The maximum absolute atomic E-state index is 11.8. The number of carbonyl (C=O) groups excluding carboxylic acids is 1. The Bertz CT molecular complexity index is 710. The number of benzene rings is 1. The summed E-state index contributed by atoms with van der Waals surface area (Å²) < 4.78 is 2.04. The highest BCUT2D eigenvalue weighted by atomic mass is 35.5. The first-order valence-corrected chi connectivity index (χ1v) is 8.48. The second-order valence-corrected chi connectivity index (χ2v) is 6.88. The van der Waals surface area contributed by atoms with Gasteiger partial charge in [0.2, 0.25) is 5.91 Å². The summed E-state index contributed by atoms with van der Waals surface area (Å²) >= 11 is 12.0. The number of rotatable bonds is 6. The molecule has 1 aliphatic carbocycles. The van der Waals surface area contributed by atoms with E-state index in [-0.39, 0.29) is 5.91 Å². The van der Waals surface area contributed by atoms with E-state index in [0.717, 1.165) is 17.9 Å². The van der Waals surface area contributed by atoms with Crippen LogP contribution in [0.4, 0.5) is 0 Å². The molecule has 1 fully saturated rings. The van der Waals surface area contributed by atoms with Crippen molar-refractivity contribution >= 4 is 29.1 Å². The molecule has 1 aromatic heterocycles. The molecule has 6 heteroatoms. The molecule has 23 heavy (non-hydrogen) atoms. The molecule has 0 N–H and O–H groups in total. The predicted molar refractivity (Wildman–Crippen MR) is 91.6 cm³/mol. The maximum Gasteiger partial charge on any atom is 0.219 e. The average Bonchev–Trinajstić information content (AvgIpc) is 3.22. The Hall–Kier alpha value is -1.52. The SMILES string of the molecule is CC(=O)N(Cc1nccn1Cc1ccc(Cl)c(Cl)c1)CC1CC1. The summed E-state index contributed by atoms with van der Waals surface area (Å²) in [7, 11) is 0. The molecule has 1 aliphatic rings. The molecule has 0 radical (unpaired) electrons. The minimum atomic E-state index is 0.0981. The average molecular weight is 352 g/mol. The van der Waals surface area contributed by atoms with Gasteiger partial charge in [-0.2, -0.15) is 0 Å². The van der Waals surface area contributed by atoms with E-state index in [2.05, 4.69) is 4.98 Å². The zero-order valence-corrected chi connectivity index (χ0v) is 14.5. The Kier molecular flexibility index (Phi) is 4.93.